The van der Waals surface area contributed by atoms with Gasteiger partial charge in [-0.15, -0.1) is 12.4 Å². The average molecular weight is 411 g/mol. The van der Waals surface area contributed by atoms with Crippen LogP contribution in [0.25, 0.3) is 5.69 Å². The molecule has 0 aliphatic heterocycles. The number of aromatic nitrogens is 2. The Kier molecular flexibility index (Phi) is 7.71. The molecule has 0 saturated heterocycles. The topological polar surface area (TPSA) is 72.9 Å². The van der Waals surface area contributed by atoms with E-state index in [4.69, 9.17) is 17.3 Å². The van der Waals surface area contributed by atoms with E-state index in [2.05, 4.69) is 10.4 Å². The van der Waals surface area contributed by atoms with Gasteiger partial charge in [-0.2, -0.15) is 5.10 Å². The van der Waals surface area contributed by atoms with E-state index in [1.165, 1.54) is 6.42 Å². The van der Waals surface area contributed by atoms with E-state index >= 15 is 0 Å². The number of nitrogens with one attached hydrogen (secondary N) is 1. The number of carbonyl (C=O) groups is 1. The molecule has 1 aliphatic carbocycles. The third kappa shape index (κ3) is 5.03. The number of benzene rings is 1. The Morgan fingerprint density at radius 2 is 1.93 bits per heavy atom. The first-order valence-electron chi connectivity index (χ1n) is 9.30. The molecule has 1 aromatic heterocycles. The van der Waals surface area contributed by atoms with Crippen LogP contribution in [-0.2, 0) is 11.2 Å². The molecule has 1 amide bonds. The van der Waals surface area contributed by atoms with E-state index in [0.717, 1.165) is 41.9 Å². The number of halogens is 2. The highest BCUT2D eigenvalue weighted by Gasteiger charge is 2.26. The van der Waals surface area contributed by atoms with Crippen LogP contribution in [0.3, 0.4) is 0 Å². The first-order chi connectivity index (χ1) is 12.5. The molecule has 0 bridgehead atoms. The fourth-order valence-electron chi connectivity index (χ4n) is 3.86. The van der Waals surface area contributed by atoms with Gasteiger partial charge in [0.2, 0.25) is 5.91 Å². The maximum Gasteiger partial charge on any atom is 0.224 e. The smallest absolute Gasteiger partial charge is 0.224 e. The van der Waals surface area contributed by atoms with E-state index in [1.54, 1.807) is 0 Å². The fourth-order valence-corrected chi connectivity index (χ4v) is 3.99. The van der Waals surface area contributed by atoms with Crippen molar-refractivity contribution in [1.29, 1.82) is 0 Å². The minimum atomic E-state index is 0. The maximum absolute atomic E-state index is 12.6. The number of hydrogen-bond donors (Lipinski definition) is 2. The zero-order valence-electron chi connectivity index (χ0n) is 15.9. The lowest BCUT2D eigenvalue weighted by atomic mass is 9.84. The van der Waals surface area contributed by atoms with E-state index in [1.807, 2.05) is 42.8 Å². The molecule has 2 unspecified atom stereocenters. The van der Waals surface area contributed by atoms with E-state index in [-0.39, 0.29) is 24.4 Å². The molecule has 27 heavy (non-hydrogen) atoms. The summed E-state index contributed by atoms with van der Waals surface area (Å²) in [4.78, 5) is 12.6. The van der Waals surface area contributed by atoms with Gasteiger partial charge < -0.3 is 11.1 Å². The van der Waals surface area contributed by atoms with Gasteiger partial charge in [0.05, 0.1) is 17.8 Å². The van der Waals surface area contributed by atoms with Crippen LogP contribution >= 0.6 is 24.0 Å². The summed E-state index contributed by atoms with van der Waals surface area (Å²) in [6.45, 7) is 4.59. The van der Waals surface area contributed by atoms with Gasteiger partial charge in [0.15, 0.2) is 0 Å². The Morgan fingerprint density at radius 3 is 2.59 bits per heavy atom. The number of amides is 1. The minimum absolute atomic E-state index is 0. The molecule has 2 aromatic rings. The Bertz CT molecular complexity index is 773. The monoisotopic (exact) mass is 410 g/mol. The first-order valence-corrected chi connectivity index (χ1v) is 9.68. The molecule has 1 saturated carbocycles. The molecule has 1 aromatic carbocycles. The summed E-state index contributed by atoms with van der Waals surface area (Å²) in [5.74, 6) is 0.448. The number of nitrogens with zero attached hydrogens (tertiary/aromatic N) is 2. The van der Waals surface area contributed by atoms with Crippen molar-refractivity contribution in [2.24, 2.45) is 11.7 Å². The van der Waals surface area contributed by atoms with Crippen molar-refractivity contribution in [2.75, 3.05) is 6.54 Å². The van der Waals surface area contributed by atoms with Gasteiger partial charge in [0.25, 0.3) is 0 Å². The molecule has 3 N–H and O–H groups in total. The third-order valence-corrected chi connectivity index (χ3v) is 5.66. The summed E-state index contributed by atoms with van der Waals surface area (Å²) < 4.78 is 1.87. The van der Waals surface area contributed by atoms with Crippen molar-refractivity contribution >= 4 is 29.9 Å². The normalized spacial score (nSPS) is 19.4. The lowest BCUT2D eigenvalue weighted by molar-refractivity contribution is -0.121. The van der Waals surface area contributed by atoms with Gasteiger partial charge in [-0.05, 0) is 63.4 Å². The van der Waals surface area contributed by atoms with Gasteiger partial charge >= 0.3 is 0 Å². The Hall–Kier alpha value is -1.56. The molecule has 1 fully saturated rings. The van der Waals surface area contributed by atoms with Crippen LogP contribution in [0.5, 0.6) is 0 Å². The van der Waals surface area contributed by atoms with Crippen LogP contribution in [0.2, 0.25) is 5.02 Å². The first kappa shape index (κ1) is 21.7. The van der Waals surface area contributed by atoms with Crippen LogP contribution in [0.4, 0.5) is 0 Å². The molecule has 1 aliphatic rings. The summed E-state index contributed by atoms with van der Waals surface area (Å²) >= 11 is 5.97. The largest absolute Gasteiger partial charge is 0.353 e. The van der Waals surface area contributed by atoms with Gasteiger partial charge in [-0.1, -0.05) is 24.4 Å². The summed E-state index contributed by atoms with van der Waals surface area (Å²) in [5, 5.41) is 8.51. The predicted octanol–water partition coefficient (Wildman–Crippen LogP) is 3.74. The third-order valence-electron chi connectivity index (χ3n) is 5.41. The quantitative estimate of drug-likeness (QED) is 0.787. The standard InChI is InChI=1S/C20H27ClN4O.ClH/c1-13-18(11-20(26)23-19-6-4-3-5-15(19)12-22)14(2)25(24-13)17-9-7-16(21)8-10-17;/h7-10,15,19H,3-6,11-12,22H2,1-2H3,(H,23,26);1H. The molecule has 148 valence electrons. The van der Waals surface area contributed by atoms with Crippen molar-refractivity contribution < 1.29 is 4.79 Å². The number of hydrogen-bond acceptors (Lipinski definition) is 3. The minimum Gasteiger partial charge on any atom is -0.353 e. The van der Waals surface area contributed by atoms with Crippen LogP contribution < -0.4 is 11.1 Å². The van der Waals surface area contributed by atoms with Crippen molar-refractivity contribution in [3.63, 3.8) is 0 Å². The Balaban J connectivity index is 0.00000261. The highest BCUT2D eigenvalue weighted by molar-refractivity contribution is 6.30. The zero-order valence-corrected chi connectivity index (χ0v) is 17.4. The summed E-state index contributed by atoms with van der Waals surface area (Å²) in [6, 6.07) is 7.75. The molecular weight excluding hydrogens is 383 g/mol. The number of carbonyl (C=O) groups excluding carboxylic acids is 1. The Morgan fingerprint density at radius 1 is 1.26 bits per heavy atom. The van der Waals surface area contributed by atoms with Gasteiger partial charge in [0, 0.05) is 22.3 Å². The number of aryl methyl sites for hydroxylation is 1. The zero-order chi connectivity index (χ0) is 18.7. The summed E-state index contributed by atoms with van der Waals surface area (Å²) in [6.07, 6.45) is 4.84. The molecular formula is C20H28Cl2N4O. The molecule has 0 spiro atoms. The molecule has 0 radical (unpaired) electrons. The average Bonchev–Trinajstić information content (AvgIpc) is 2.91. The second kappa shape index (κ2) is 9.58. The maximum atomic E-state index is 12.6. The number of nitrogens with two attached hydrogens (primary N) is 1. The van der Waals surface area contributed by atoms with Crippen molar-refractivity contribution in [3.8, 4) is 5.69 Å². The molecule has 7 heteroatoms. The SMILES string of the molecule is Cc1nn(-c2ccc(Cl)cc2)c(C)c1CC(=O)NC1CCCCC1CN.Cl. The van der Waals surface area contributed by atoms with Crippen LogP contribution in [-0.4, -0.2) is 28.3 Å². The molecule has 1 heterocycles. The van der Waals surface area contributed by atoms with E-state index in [0.29, 0.717) is 23.9 Å². The van der Waals surface area contributed by atoms with Gasteiger partial charge in [-0.3, -0.25) is 4.79 Å². The highest BCUT2D eigenvalue weighted by Crippen LogP contribution is 2.24. The summed E-state index contributed by atoms with van der Waals surface area (Å²) in [5.41, 5.74) is 9.67. The van der Waals surface area contributed by atoms with E-state index < -0.39 is 0 Å². The fraction of sp³-hybridized carbons (Fsp3) is 0.500. The van der Waals surface area contributed by atoms with Gasteiger partial charge in [-0.25, -0.2) is 4.68 Å². The second-order valence-corrected chi connectivity index (χ2v) is 7.61. The van der Waals surface area contributed by atoms with Crippen molar-refractivity contribution in [3.05, 3.63) is 46.2 Å². The van der Waals surface area contributed by atoms with E-state index in [9.17, 15) is 4.79 Å². The lowest BCUT2D eigenvalue weighted by Gasteiger charge is -2.31. The van der Waals surface area contributed by atoms with Crippen LogP contribution in [0, 0.1) is 19.8 Å². The second-order valence-electron chi connectivity index (χ2n) is 7.17. The van der Waals surface area contributed by atoms with Crippen LogP contribution in [0.1, 0.15) is 42.6 Å². The van der Waals surface area contributed by atoms with Crippen molar-refractivity contribution in [1.82, 2.24) is 15.1 Å². The molecule has 3 rings (SSSR count). The summed E-state index contributed by atoms with van der Waals surface area (Å²) in [7, 11) is 0. The lowest BCUT2D eigenvalue weighted by Crippen LogP contribution is -2.45. The van der Waals surface area contributed by atoms with Crippen LogP contribution in [0.15, 0.2) is 24.3 Å². The molecule has 5 nitrogen and oxygen atoms in total. The predicted molar refractivity (Wildman–Crippen MR) is 112 cm³/mol. The molecule has 2 atom stereocenters. The highest BCUT2D eigenvalue weighted by atomic mass is 35.5. The van der Waals surface area contributed by atoms with Crippen molar-refractivity contribution in [2.45, 2.75) is 52.0 Å². The number of rotatable bonds is 5. The Labute approximate surface area is 172 Å². The van der Waals surface area contributed by atoms with Gasteiger partial charge in [0.1, 0.15) is 0 Å².